The molecule has 3 aromatic heterocycles. The molecule has 0 aliphatic carbocycles. The third-order valence-corrected chi connectivity index (χ3v) is 6.21. The van der Waals surface area contributed by atoms with E-state index in [1.54, 1.807) is 0 Å². The molecule has 120 valence electrons. The first-order valence-electron chi connectivity index (χ1n) is 8.04. The second-order valence-corrected chi connectivity index (χ2v) is 8.67. The summed E-state index contributed by atoms with van der Waals surface area (Å²) in [6, 6.07) is 22.1. The number of benzene rings is 1. The zero-order chi connectivity index (χ0) is 16.7. The summed E-state index contributed by atoms with van der Waals surface area (Å²) in [6.07, 6.45) is 0. The van der Waals surface area contributed by atoms with Gasteiger partial charge in [-0.1, -0.05) is 17.7 Å². The molecule has 4 aromatic rings. The van der Waals surface area contributed by atoms with Gasteiger partial charge in [0.05, 0.1) is 21.1 Å². The van der Waals surface area contributed by atoms with E-state index in [9.17, 15) is 0 Å². The number of aromatic nitrogens is 1. The minimum atomic E-state index is 1.22. The third kappa shape index (κ3) is 2.74. The van der Waals surface area contributed by atoms with Gasteiger partial charge in [0.15, 0.2) is 0 Å². The predicted octanol–water partition coefficient (Wildman–Crippen LogP) is 6.86. The first-order chi connectivity index (χ1) is 11.6. The largest absolute Gasteiger partial charge is 0.308 e. The summed E-state index contributed by atoms with van der Waals surface area (Å²) in [5.74, 6) is 0. The Morgan fingerprint density at radius 2 is 1.08 bits per heavy atom. The lowest BCUT2D eigenvalue weighted by Gasteiger charge is -2.13. The van der Waals surface area contributed by atoms with E-state index >= 15 is 0 Å². The summed E-state index contributed by atoms with van der Waals surface area (Å²) in [4.78, 5) is 5.31. The van der Waals surface area contributed by atoms with Gasteiger partial charge in [-0.05, 0) is 69.3 Å². The van der Waals surface area contributed by atoms with Crippen LogP contribution >= 0.6 is 22.7 Å². The van der Waals surface area contributed by atoms with Crippen molar-refractivity contribution >= 4 is 22.7 Å². The van der Waals surface area contributed by atoms with Crippen LogP contribution in [0.4, 0.5) is 0 Å². The molecule has 0 radical (unpaired) electrons. The molecule has 0 aliphatic heterocycles. The minimum Gasteiger partial charge on any atom is -0.308 e. The predicted molar refractivity (Wildman–Crippen MR) is 107 cm³/mol. The highest BCUT2D eigenvalue weighted by atomic mass is 32.1. The summed E-state index contributed by atoms with van der Waals surface area (Å²) < 4.78 is 2.38. The van der Waals surface area contributed by atoms with Gasteiger partial charge in [-0.15, -0.1) is 22.7 Å². The number of thiophene rings is 2. The van der Waals surface area contributed by atoms with E-state index in [1.807, 2.05) is 22.7 Å². The van der Waals surface area contributed by atoms with E-state index in [-0.39, 0.29) is 0 Å². The van der Waals surface area contributed by atoms with E-state index in [1.165, 1.54) is 42.1 Å². The first kappa shape index (κ1) is 15.4. The summed E-state index contributed by atoms with van der Waals surface area (Å²) in [5.41, 5.74) is 5.02. The number of nitrogens with zero attached hydrogens (tertiary/aromatic N) is 1. The fraction of sp³-hybridized carbons (Fsp3) is 0.143. The van der Waals surface area contributed by atoms with Crippen molar-refractivity contribution in [1.82, 2.24) is 4.57 Å². The number of aryl methyl sites for hydroxylation is 3. The maximum Gasteiger partial charge on any atom is 0.0635 e. The maximum absolute atomic E-state index is 2.38. The van der Waals surface area contributed by atoms with Crippen LogP contribution in [0.25, 0.3) is 26.8 Å². The van der Waals surface area contributed by atoms with Crippen molar-refractivity contribution in [2.24, 2.45) is 0 Å². The number of rotatable bonds is 3. The van der Waals surface area contributed by atoms with Crippen LogP contribution in [0, 0.1) is 20.8 Å². The van der Waals surface area contributed by atoms with Gasteiger partial charge >= 0.3 is 0 Å². The summed E-state index contributed by atoms with van der Waals surface area (Å²) in [7, 11) is 0. The van der Waals surface area contributed by atoms with Crippen molar-refractivity contribution in [1.29, 1.82) is 0 Å². The number of hydrogen-bond donors (Lipinski definition) is 0. The number of hydrogen-bond acceptors (Lipinski definition) is 2. The first-order valence-corrected chi connectivity index (χ1v) is 9.67. The van der Waals surface area contributed by atoms with Crippen LogP contribution in [0.1, 0.15) is 15.3 Å². The molecule has 0 fully saturated rings. The topological polar surface area (TPSA) is 4.93 Å². The Kier molecular flexibility index (Phi) is 3.91. The van der Waals surface area contributed by atoms with E-state index < -0.39 is 0 Å². The van der Waals surface area contributed by atoms with E-state index in [0.717, 1.165) is 0 Å². The average molecular weight is 350 g/mol. The molecule has 1 aromatic carbocycles. The normalized spacial score (nSPS) is 11.1. The SMILES string of the molecule is Cc1ccc(-n2c(-c3ccc(C)s3)ccc2-c2ccc(C)s2)cc1. The molecule has 1 nitrogen and oxygen atoms in total. The second kappa shape index (κ2) is 6.08. The standard InChI is InChI=1S/C21H19NS2/c1-14-4-8-17(9-5-14)22-18(20-12-6-15(2)23-20)10-11-19(22)21-13-7-16(3)24-21/h4-13H,1-3H3. The second-order valence-electron chi connectivity index (χ2n) is 6.10. The van der Waals surface area contributed by atoms with Crippen LogP contribution in [0.15, 0.2) is 60.7 Å². The molecular formula is C21H19NS2. The summed E-state index contributed by atoms with van der Waals surface area (Å²) >= 11 is 3.70. The van der Waals surface area contributed by atoms with Crippen LogP contribution in [0.5, 0.6) is 0 Å². The van der Waals surface area contributed by atoms with Crippen LogP contribution in [0.3, 0.4) is 0 Å². The Bertz CT molecular complexity index is 925. The summed E-state index contributed by atoms with van der Waals surface area (Å²) in [6.45, 7) is 6.46. The van der Waals surface area contributed by atoms with Crippen molar-refractivity contribution in [3.63, 3.8) is 0 Å². The van der Waals surface area contributed by atoms with Gasteiger partial charge < -0.3 is 4.57 Å². The van der Waals surface area contributed by atoms with Gasteiger partial charge in [0.1, 0.15) is 0 Å². The lowest BCUT2D eigenvalue weighted by molar-refractivity contribution is 1.10. The Labute approximate surface area is 150 Å². The Hall–Kier alpha value is -2.10. The molecule has 0 saturated heterocycles. The van der Waals surface area contributed by atoms with Crippen LogP contribution in [-0.2, 0) is 0 Å². The Morgan fingerprint density at radius 1 is 0.583 bits per heavy atom. The third-order valence-electron chi connectivity index (χ3n) is 4.16. The molecular weight excluding hydrogens is 330 g/mol. The molecule has 3 heteroatoms. The fourth-order valence-electron chi connectivity index (χ4n) is 2.94. The summed E-state index contributed by atoms with van der Waals surface area (Å²) in [5, 5.41) is 0. The molecule has 4 rings (SSSR count). The van der Waals surface area contributed by atoms with Gasteiger partial charge in [-0.3, -0.25) is 0 Å². The molecule has 0 N–H and O–H groups in total. The molecule has 0 atom stereocenters. The lowest BCUT2D eigenvalue weighted by atomic mass is 10.2. The lowest BCUT2D eigenvalue weighted by Crippen LogP contribution is -1.97. The molecule has 0 spiro atoms. The highest BCUT2D eigenvalue weighted by Gasteiger charge is 2.15. The Balaban J connectivity index is 1.95. The fourth-order valence-corrected chi connectivity index (χ4v) is 4.70. The average Bonchev–Trinajstić information content (AvgIpc) is 3.27. The van der Waals surface area contributed by atoms with Gasteiger partial charge in [0.2, 0.25) is 0 Å². The van der Waals surface area contributed by atoms with Crippen LogP contribution in [0.2, 0.25) is 0 Å². The smallest absolute Gasteiger partial charge is 0.0635 e. The molecule has 0 saturated carbocycles. The molecule has 3 heterocycles. The zero-order valence-electron chi connectivity index (χ0n) is 14.0. The van der Waals surface area contributed by atoms with Gasteiger partial charge in [-0.25, -0.2) is 0 Å². The minimum absolute atomic E-state index is 1.22. The monoisotopic (exact) mass is 349 g/mol. The Morgan fingerprint density at radius 3 is 1.50 bits per heavy atom. The maximum atomic E-state index is 2.38. The van der Waals surface area contributed by atoms with E-state index in [4.69, 9.17) is 0 Å². The highest BCUT2D eigenvalue weighted by Crippen LogP contribution is 2.37. The van der Waals surface area contributed by atoms with E-state index in [0.29, 0.717) is 0 Å². The molecule has 0 amide bonds. The molecule has 24 heavy (non-hydrogen) atoms. The van der Waals surface area contributed by atoms with Gasteiger partial charge in [0.25, 0.3) is 0 Å². The van der Waals surface area contributed by atoms with Crippen molar-refractivity contribution in [3.05, 3.63) is 76.0 Å². The van der Waals surface area contributed by atoms with Gasteiger partial charge in [-0.2, -0.15) is 0 Å². The van der Waals surface area contributed by atoms with Gasteiger partial charge in [0, 0.05) is 15.4 Å². The van der Waals surface area contributed by atoms with Crippen LogP contribution < -0.4 is 0 Å². The van der Waals surface area contributed by atoms with E-state index in [2.05, 4.69) is 86.0 Å². The van der Waals surface area contributed by atoms with Crippen molar-refractivity contribution in [2.45, 2.75) is 20.8 Å². The highest BCUT2D eigenvalue weighted by molar-refractivity contribution is 7.15. The molecule has 0 bridgehead atoms. The van der Waals surface area contributed by atoms with Crippen molar-refractivity contribution < 1.29 is 0 Å². The molecule has 0 unspecified atom stereocenters. The zero-order valence-corrected chi connectivity index (χ0v) is 15.7. The van der Waals surface area contributed by atoms with Crippen LogP contribution in [-0.4, -0.2) is 4.57 Å². The van der Waals surface area contributed by atoms with Crippen molar-refractivity contribution in [3.8, 4) is 26.8 Å². The molecule has 0 aliphatic rings. The quantitative estimate of drug-likeness (QED) is 0.381. The van der Waals surface area contributed by atoms with Crippen molar-refractivity contribution in [2.75, 3.05) is 0 Å².